The number of benzene rings is 2. The van der Waals surface area contributed by atoms with Gasteiger partial charge in [0, 0.05) is 24.8 Å². The van der Waals surface area contributed by atoms with Crippen molar-refractivity contribution in [3.05, 3.63) is 71.9 Å². The summed E-state index contributed by atoms with van der Waals surface area (Å²) in [7, 11) is 0. The van der Waals surface area contributed by atoms with E-state index in [-0.39, 0.29) is 29.2 Å². The average Bonchev–Trinajstić information content (AvgIpc) is 2.89. The van der Waals surface area contributed by atoms with Gasteiger partial charge in [0.2, 0.25) is 5.88 Å². The van der Waals surface area contributed by atoms with Crippen molar-refractivity contribution >= 4 is 11.9 Å². The highest BCUT2D eigenvalue weighted by Gasteiger charge is 2.31. The lowest BCUT2D eigenvalue weighted by atomic mass is 9.97. The average molecular weight is 460 g/mol. The summed E-state index contributed by atoms with van der Waals surface area (Å²) in [4.78, 5) is 36.5. The van der Waals surface area contributed by atoms with Crippen LogP contribution < -0.4 is 4.74 Å². The van der Waals surface area contributed by atoms with E-state index in [2.05, 4.69) is 16.9 Å². The molecule has 0 bridgehead atoms. The van der Waals surface area contributed by atoms with Crippen LogP contribution in [-0.2, 0) is 16.0 Å². The van der Waals surface area contributed by atoms with E-state index < -0.39 is 0 Å². The van der Waals surface area contributed by atoms with E-state index >= 15 is 0 Å². The number of hydrogen-bond donors (Lipinski definition) is 0. The van der Waals surface area contributed by atoms with Gasteiger partial charge in [-0.15, -0.1) is 0 Å². The summed E-state index contributed by atoms with van der Waals surface area (Å²) >= 11 is 0. The Morgan fingerprint density at radius 3 is 2.68 bits per heavy atom. The fourth-order valence-corrected chi connectivity index (χ4v) is 4.04. The van der Waals surface area contributed by atoms with Gasteiger partial charge in [-0.3, -0.25) is 9.59 Å². The summed E-state index contributed by atoms with van der Waals surface area (Å²) in [6.07, 6.45) is 3.82. The van der Waals surface area contributed by atoms with E-state index in [1.54, 1.807) is 11.8 Å². The third kappa shape index (κ3) is 5.42. The molecule has 2 aromatic carbocycles. The van der Waals surface area contributed by atoms with Gasteiger partial charge in [-0.25, -0.2) is 4.98 Å². The fraction of sp³-hybridized carbons (Fsp3) is 0.333. The number of piperidine rings is 1. The van der Waals surface area contributed by atoms with Crippen LogP contribution in [0.5, 0.6) is 11.6 Å². The molecule has 1 amide bonds. The van der Waals surface area contributed by atoms with Crippen LogP contribution in [0.1, 0.15) is 42.6 Å². The number of nitrogens with zero attached hydrogens (tertiary/aromatic N) is 3. The van der Waals surface area contributed by atoms with Crippen LogP contribution >= 0.6 is 0 Å². The van der Waals surface area contributed by atoms with Gasteiger partial charge in [0.1, 0.15) is 11.3 Å². The largest absolute Gasteiger partial charge is 0.466 e. The van der Waals surface area contributed by atoms with E-state index in [0.717, 1.165) is 24.0 Å². The van der Waals surface area contributed by atoms with E-state index in [1.807, 2.05) is 54.6 Å². The predicted octanol–water partition coefficient (Wildman–Crippen LogP) is 4.91. The number of ether oxygens (including phenoxy) is 2. The third-order valence-corrected chi connectivity index (χ3v) is 5.87. The van der Waals surface area contributed by atoms with E-state index in [0.29, 0.717) is 37.7 Å². The van der Waals surface area contributed by atoms with Gasteiger partial charge in [-0.2, -0.15) is 4.98 Å². The van der Waals surface area contributed by atoms with Crippen molar-refractivity contribution in [2.75, 3.05) is 19.7 Å². The molecule has 34 heavy (non-hydrogen) atoms. The second kappa shape index (κ2) is 10.9. The minimum atomic E-state index is -0.326. The lowest BCUT2D eigenvalue weighted by molar-refractivity contribution is -0.149. The van der Waals surface area contributed by atoms with E-state index in [1.165, 1.54) is 6.20 Å². The Morgan fingerprint density at radius 2 is 1.91 bits per heavy atom. The van der Waals surface area contributed by atoms with Gasteiger partial charge in [-0.1, -0.05) is 49.4 Å². The molecule has 0 aliphatic carbocycles. The summed E-state index contributed by atoms with van der Waals surface area (Å²) in [5.74, 6) is 0.438. The van der Waals surface area contributed by atoms with Crippen molar-refractivity contribution in [3.63, 3.8) is 0 Å². The lowest BCUT2D eigenvalue weighted by Crippen LogP contribution is -2.43. The Morgan fingerprint density at radius 1 is 1.09 bits per heavy atom. The Bertz CT molecular complexity index is 1150. The molecule has 7 nitrogen and oxygen atoms in total. The number of esters is 1. The SMILES string of the molecule is CCOC(=O)[C@@H]1CCCN(C(=O)c2cnc(-c3ccccc3)nc2Oc2cccc(CC)c2)C1. The van der Waals surface area contributed by atoms with Crippen molar-refractivity contribution in [2.24, 2.45) is 5.92 Å². The lowest BCUT2D eigenvalue weighted by Gasteiger charge is -2.31. The maximum atomic E-state index is 13.5. The third-order valence-electron chi connectivity index (χ3n) is 5.87. The Hall–Kier alpha value is -3.74. The molecule has 7 heteroatoms. The Balaban J connectivity index is 1.66. The van der Waals surface area contributed by atoms with Gasteiger partial charge in [0.25, 0.3) is 5.91 Å². The number of amides is 1. The van der Waals surface area contributed by atoms with Crippen LogP contribution in [0, 0.1) is 5.92 Å². The first-order chi connectivity index (χ1) is 16.6. The molecule has 1 saturated heterocycles. The number of rotatable bonds is 7. The zero-order valence-electron chi connectivity index (χ0n) is 19.6. The molecule has 3 aromatic rings. The van der Waals surface area contributed by atoms with Crippen molar-refractivity contribution in [2.45, 2.75) is 33.1 Å². The molecule has 0 spiro atoms. The normalized spacial score (nSPS) is 15.6. The molecule has 176 valence electrons. The number of aromatic nitrogens is 2. The second-order valence-electron chi connectivity index (χ2n) is 8.22. The van der Waals surface area contributed by atoms with Crippen LogP contribution in [0.4, 0.5) is 0 Å². The summed E-state index contributed by atoms with van der Waals surface area (Å²) in [6.45, 7) is 5.05. The Labute approximate surface area is 199 Å². The van der Waals surface area contributed by atoms with Gasteiger partial charge in [0.05, 0.1) is 12.5 Å². The molecule has 0 radical (unpaired) electrons. The molecule has 1 atom stereocenters. The summed E-state index contributed by atoms with van der Waals surface area (Å²) in [6, 6.07) is 17.3. The minimum Gasteiger partial charge on any atom is -0.466 e. The maximum Gasteiger partial charge on any atom is 0.310 e. The summed E-state index contributed by atoms with van der Waals surface area (Å²) in [5, 5.41) is 0. The predicted molar refractivity (Wildman–Crippen MR) is 129 cm³/mol. The van der Waals surface area contributed by atoms with Crippen LogP contribution in [0.15, 0.2) is 60.8 Å². The highest BCUT2D eigenvalue weighted by Crippen LogP contribution is 2.29. The zero-order chi connectivity index (χ0) is 23.9. The molecule has 1 aliphatic heterocycles. The summed E-state index contributed by atoms with van der Waals surface area (Å²) in [5.41, 5.74) is 2.22. The van der Waals surface area contributed by atoms with Crippen LogP contribution in [0.2, 0.25) is 0 Å². The monoisotopic (exact) mass is 459 g/mol. The molecular weight excluding hydrogens is 430 g/mol. The number of carbonyl (C=O) groups excluding carboxylic acids is 2. The van der Waals surface area contributed by atoms with Crippen molar-refractivity contribution < 1.29 is 19.1 Å². The first-order valence-electron chi connectivity index (χ1n) is 11.7. The van der Waals surface area contributed by atoms with Crippen molar-refractivity contribution in [3.8, 4) is 23.0 Å². The topological polar surface area (TPSA) is 81.6 Å². The molecule has 4 rings (SSSR count). The smallest absolute Gasteiger partial charge is 0.310 e. The van der Waals surface area contributed by atoms with E-state index in [4.69, 9.17) is 9.47 Å². The van der Waals surface area contributed by atoms with Gasteiger partial charge in [-0.05, 0) is 43.9 Å². The molecule has 0 unspecified atom stereocenters. The van der Waals surface area contributed by atoms with Crippen molar-refractivity contribution in [1.29, 1.82) is 0 Å². The molecule has 1 aromatic heterocycles. The van der Waals surface area contributed by atoms with Crippen LogP contribution in [0.3, 0.4) is 0 Å². The summed E-state index contributed by atoms with van der Waals surface area (Å²) < 4.78 is 11.3. The van der Waals surface area contributed by atoms with Gasteiger partial charge in [0.15, 0.2) is 5.82 Å². The number of likely N-dealkylation sites (tertiary alicyclic amines) is 1. The number of carbonyl (C=O) groups is 2. The van der Waals surface area contributed by atoms with Gasteiger partial charge >= 0.3 is 5.97 Å². The maximum absolute atomic E-state index is 13.5. The van der Waals surface area contributed by atoms with Gasteiger partial charge < -0.3 is 14.4 Å². The second-order valence-corrected chi connectivity index (χ2v) is 8.22. The first kappa shape index (κ1) is 23.4. The molecule has 0 N–H and O–H groups in total. The molecular formula is C27H29N3O4. The first-order valence-corrected chi connectivity index (χ1v) is 11.7. The zero-order valence-corrected chi connectivity index (χ0v) is 19.6. The number of aryl methyl sites for hydroxylation is 1. The fourth-order valence-electron chi connectivity index (χ4n) is 4.04. The Kier molecular flexibility index (Phi) is 7.52. The highest BCUT2D eigenvalue weighted by atomic mass is 16.5. The molecule has 1 fully saturated rings. The van der Waals surface area contributed by atoms with Crippen molar-refractivity contribution in [1.82, 2.24) is 14.9 Å². The highest BCUT2D eigenvalue weighted by molar-refractivity contribution is 5.96. The number of hydrogen-bond acceptors (Lipinski definition) is 6. The minimum absolute atomic E-state index is 0.199. The standard InChI is InChI=1S/C27H29N3O4/c1-3-19-10-8-14-22(16-19)34-25-23(17-28-24(29-25)20-11-6-5-7-12-20)26(31)30-15-9-13-21(18-30)27(32)33-4-2/h5-8,10-12,14,16-17,21H,3-4,9,13,15,18H2,1-2H3/t21-/m1/s1. The molecule has 0 saturated carbocycles. The quantitative estimate of drug-likeness (QED) is 0.467. The van der Waals surface area contributed by atoms with E-state index in [9.17, 15) is 9.59 Å². The van der Waals surface area contributed by atoms with Crippen LogP contribution in [0.25, 0.3) is 11.4 Å². The molecule has 1 aliphatic rings. The van der Waals surface area contributed by atoms with Crippen LogP contribution in [-0.4, -0.2) is 46.4 Å². The molecule has 2 heterocycles.